The summed E-state index contributed by atoms with van der Waals surface area (Å²) < 4.78 is 4.47. The minimum absolute atomic E-state index is 0.0102. The van der Waals surface area contributed by atoms with E-state index in [4.69, 9.17) is 5.73 Å². The van der Waals surface area contributed by atoms with E-state index in [-0.39, 0.29) is 12.2 Å². The van der Waals surface area contributed by atoms with Gasteiger partial charge in [0, 0.05) is 21.7 Å². The van der Waals surface area contributed by atoms with Crippen LogP contribution in [0.15, 0.2) is 6.07 Å². The van der Waals surface area contributed by atoms with Crippen LogP contribution in [0.2, 0.25) is 0 Å². The van der Waals surface area contributed by atoms with Gasteiger partial charge < -0.3 is 10.5 Å². The zero-order valence-electron chi connectivity index (χ0n) is 9.57. The van der Waals surface area contributed by atoms with Crippen molar-refractivity contribution >= 4 is 23.1 Å². The smallest absolute Gasteiger partial charge is 0.323 e. The molecule has 0 spiro atoms. The fraction of sp³-hybridized carbons (Fsp3) is 0.455. The first-order valence-corrected chi connectivity index (χ1v) is 5.71. The van der Waals surface area contributed by atoms with Gasteiger partial charge in [-0.05, 0) is 19.9 Å². The van der Waals surface area contributed by atoms with Crippen LogP contribution in [0.5, 0.6) is 0 Å². The van der Waals surface area contributed by atoms with E-state index in [1.54, 1.807) is 11.3 Å². The third kappa shape index (κ3) is 2.90. The van der Waals surface area contributed by atoms with Crippen LogP contribution in [0.4, 0.5) is 0 Å². The van der Waals surface area contributed by atoms with Crippen molar-refractivity contribution in [2.75, 3.05) is 7.11 Å². The number of nitrogens with two attached hydrogens (primary N) is 1. The van der Waals surface area contributed by atoms with Gasteiger partial charge in [0.05, 0.1) is 7.11 Å². The molecule has 5 heteroatoms. The first-order chi connectivity index (χ1) is 7.45. The molecule has 0 aliphatic heterocycles. The fourth-order valence-corrected chi connectivity index (χ4v) is 2.39. The molecule has 1 unspecified atom stereocenters. The zero-order chi connectivity index (χ0) is 12.3. The molecular formula is C11H15NO3S. The second kappa shape index (κ2) is 5.23. The van der Waals surface area contributed by atoms with Crippen LogP contribution in [-0.2, 0) is 9.53 Å². The van der Waals surface area contributed by atoms with Gasteiger partial charge in [0.25, 0.3) is 0 Å². The van der Waals surface area contributed by atoms with E-state index in [9.17, 15) is 9.59 Å². The van der Waals surface area contributed by atoms with Crippen LogP contribution in [0.25, 0.3) is 0 Å². The van der Waals surface area contributed by atoms with Crippen LogP contribution in [-0.4, -0.2) is 24.9 Å². The van der Waals surface area contributed by atoms with Crippen LogP contribution in [0, 0.1) is 13.8 Å². The highest BCUT2D eigenvalue weighted by Crippen LogP contribution is 2.22. The number of ketones is 1. The number of ether oxygens (including phenoxy) is 1. The zero-order valence-corrected chi connectivity index (χ0v) is 10.4. The molecule has 0 aromatic carbocycles. The van der Waals surface area contributed by atoms with Crippen molar-refractivity contribution in [1.29, 1.82) is 0 Å². The molecule has 0 aliphatic rings. The minimum atomic E-state index is -0.878. The van der Waals surface area contributed by atoms with Crippen molar-refractivity contribution in [2.24, 2.45) is 5.73 Å². The number of esters is 1. The van der Waals surface area contributed by atoms with Gasteiger partial charge in [0.15, 0.2) is 5.78 Å². The molecule has 2 N–H and O–H groups in total. The summed E-state index contributed by atoms with van der Waals surface area (Å²) in [7, 11) is 1.26. The lowest BCUT2D eigenvalue weighted by Crippen LogP contribution is -2.33. The molecule has 16 heavy (non-hydrogen) atoms. The Morgan fingerprint density at radius 2 is 2.12 bits per heavy atom. The highest BCUT2D eigenvalue weighted by atomic mass is 32.1. The summed E-state index contributed by atoms with van der Waals surface area (Å²) in [5.74, 6) is -0.669. The van der Waals surface area contributed by atoms with Crippen LogP contribution in [0.3, 0.4) is 0 Å². The Morgan fingerprint density at radius 3 is 2.56 bits per heavy atom. The van der Waals surface area contributed by atoms with Crippen LogP contribution < -0.4 is 5.73 Å². The summed E-state index contributed by atoms with van der Waals surface area (Å²) in [5, 5.41) is 0. The molecule has 1 atom stereocenters. The Bertz CT molecular complexity index is 411. The summed E-state index contributed by atoms with van der Waals surface area (Å²) in [4.78, 5) is 24.9. The van der Waals surface area contributed by atoms with Crippen LogP contribution >= 0.6 is 11.3 Å². The van der Waals surface area contributed by atoms with Gasteiger partial charge in [0.1, 0.15) is 6.04 Å². The monoisotopic (exact) mass is 241 g/mol. The van der Waals surface area contributed by atoms with E-state index < -0.39 is 12.0 Å². The lowest BCUT2D eigenvalue weighted by molar-refractivity contribution is -0.142. The van der Waals surface area contributed by atoms with Crippen molar-refractivity contribution in [3.05, 3.63) is 21.4 Å². The summed E-state index contributed by atoms with van der Waals surface area (Å²) in [5.41, 5.74) is 6.19. The predicted octanol–water partition coefficient (Wildman–Crippen LogP) is 1.44. The van der Waals surface area contributed by atoms with Crippen LogP contribution in [0.1, 0.15) is 26.5 Å². The Morgan fingerprint density at radius 1 is 1.50 bits per heavy atom. The van der Waals surface area contributed by atoms with E-state index in [0.29, 0.717) is 5.56 Å². The van der Waals surface area contributed by atoms with Crippen molar-refractivity contribution < 1.29 is 14.3 Å². The molecule has 0 saturated heterocycles. The molecule has 1 aromatic heterocycles. The van der Waals surface area contributed by atoms with Gasteiger partial charge in [0.2, 0.25) is 0 Å². The number of thiophene rings is 1. The van der Waals surface area contributed by atoms with E-state index in [2.05, 4.69) is 4.74 Å². The van der Waals surface area contributed by atoms with Gasteiger partial charge in [-0.2, -0.15) is 0 Å². The third-order valence-electron chi connectivity index (χ3n) is 2.25. The molecule has 0 amide bonds. The molecule has 4 nitrogen and oxygen atoms in total. The Balaban J connectivity index is 2.73. The van der Waals surface area contributed by atoms with E-state index in [1.807, 2.05) is 19.9 Å². The van der Waals surface area contributed by atoms with E-state index in [1.165, 1.54) is 7.11 Å². The Hall–Kier alpha value is -1.20. The lowest BCUT2D eigenvalue weighted by atomic mass is 10.0. The first-order valence-electron chi connectivity index (χ1n) is 4.89. The fourth-order valence-electron chi connectivity index (χ4n) is 1.45. The first kappa shape index (κ1) is 12.9. The molecule has 0 radical (unpaired) electrons. The molecule has 1 rings (SSSR count). The normalized spacial score (nSPS) is 12.2. The maximum Gasteiger partial charge on any atom is 0.323 e. The summed E-state index contributed by atoms with van der Waals surface area (Å²) in [6, 6.07) is 0.948. The number of hydrogen-bond acceptors (Lipinski definition) is 5. The van der Waals surface area contributed by atoms with Gasteiger partial charge in [-0.25, -0.2) is 0 Å². The number of aryl methyl sites for hydroxylation is 2. The average Bonchev–Trinajstić information content (AvgIpc) is 2.56. The highest BCUT2D eigenvalue weighted by molar-refractivity contribution is 7.12. The molecular weight excluding hydrogens is 226 g/mol. The van der Waals surface area contributed by atoms with E-state index >= 15 is 0 Å². The quantitative estimate of drug-likeness (QED) is 0.639. The van der Waals surface area contributed by atoms with Gasteiger partial charge in [-0.3, -0.25) is 9.59 Å². The number of hydrogen-bond donors (Lipinski definition) is 1. The topological polar surface area (TPSA) is 69.4 Å². The summed E-state index contributed by atoms with van der Waals surface area (Å²) in [6.45, 7) is 3.82. The number of rotatable bonds is 4. The average molecular weight is 241 g/mol. The van der Waals surface area contributed by atoms with Crippen molar-refractivity contribution in [2.45, 2.75) is 26.3 Å². The molecule has 0 bridgehead atoms. The molecule has 0 fully saturated rings. The maximum absolute atomic E-state index is 11.8. The summed E-state index contributed by atoms with van der Waals surface area (Å²) >= 11 is 1.56. The second-order valence-corrected chi connectivity index (χ2v) is 5.04. The molecule has 88 valence electrons. The number of Topliss-reactive ketones (excluding diaryl/α,β-unsaturated/α-hetero) is 1. The van der Waals surface area contributed by atoms with Gasteiger partial charge in [-0.1, -0.05) is 0 Å². The molecule has 1 aromatic rings. The number of carbonyl (C=O) groups is 2. The van der Waals surface area contributed by atoms with Crippen molar-refractivity contribution in [3.8, 4) is 0 Å². The standard InChI is InChI=1S/C11H15NO3S/c1-6-4-8(7(2)16-6)10(13)5-9(12)11(14)15-3/h4,9H,5,12H2,1-3H3. The SMILES string of the molecule is COC(=O)C(N)CC(=O)c1cc(C)sc1C. The maximum atomic E-state index is 11.8. The predicted molar refractivity (Wildman–Crippen MR) is 62.7 cm³/mol. The Labute approximate surface area is 98.4 Å². The van der Waals surface area contributed by atoms with Crippen molar-refractivity contribution in [1.82, 2.24) is 0 Å². The van der Waals surface area contributed by atoms with Gasteiger partial charge in [-0.15, -0.1) is 11.3 Å². The third-order valence-corrected chi connectivity index (χ3v) is 3.22. The van der Waals surface area contributed by atoms with Gasteiger partial charge >= 0.3 is 5.97 Å². The minimum Gasteiger partial charge on any atom is -0.468 e. The number of carbonyl (C=O) groups excluding carboxylic acids is 2. The largest absolute Gasteiger partial charge is 0.468 e. The molecule has 1 heterocycles. The van der Waals surface area contributed by atoms with E-state index in [0.717, 1.165) is 9.75 Å². The summed E-state index contributed by atoms with van der Waals surface area (Å²) in [6.07, 6.45) is -0.0102. The lowest BCUT2D eigenvalue weighted by Gasteiger charge is -2.07. The van der Waals surface area contributed by atoms with Crippen molar-refractivity contribution in [3.63, 3.8) is 0 Å². The Kier molecular flexibility index (Phi) is 4.20. The second-order valence-electron chi connectivity index (χ2n) is 3.58. The number of methoxy groups -OCH3 is 1. The molecule has 0 aliphatic carbocycles. The highest BCUT2D eigenvalue weighted by Gasteiger charge is 2.20. The molecule has 0 saturated carbocycles.